The highest BCUT2D eigenvalue weighted by atomic mass is 32.2. The molecule has 1 amide bonds. The zero-order chi connectivity index (χ0) is 11.1. The zero-order valence-electron chi connectivity index (χ0n) is 7.67. The van der Waals surface area contributed by atoms with Crippen molar-refractivity contribution in [3.63, 3.8) is 0 Å². The Kier molecular flexibility index (Phi) is 4.49. The normalized spacial score (nSPS) is 9.33. The first-order valence-corrected chi connectivity index (χ1v) is 4.86. The third-order valence-corrected chi connectivity index (χ3v) is 2.15. The molecule has 0 atom stereocenters. The first-order valence-electron chi connectivity index (χ1n) is 4.05. The van der Waals surface area contributed by atoms with Gasteiger partial charge in [-0.2, -0.15) is 0 Å². The van der Waals surface area contributed by atoms with E-state index >= 15 is 0 Å². The molecule has 0 radical (unpaired) electrons. The molecule has 0 aliphatic rings. The average Bonchev–Trinajstić information content (AvgIpc) is 2.18. The largest absolute Gasteiger partial charge is 0.465 e. The van der Waals surface area contributed by atoms with Gasteiger partial charge in [0.2, 0.25) is 0 Å². The minimum absolute atomic E-state index is 0.339. The number of nitrogens with one attached hydrogen (secondary N) is 1. The van der Waals surface area contributed by atoms with Gasteiger partial charge in [0.25, 0.3) is 0 Å². The van der Waals surface area contributed by atoms with Crippen LogP contribution in [-0.4, -0.2) is 23.2 Å². The van der Waals surface area contributed by atoms with E-state index in [0.717, 1.165) is 16.7 Å². The Morgan fingerprint density at radius 2 is 2.00 bits per heavy atom. The molecular formula is C9H9NO4S. The summed E-state index contributed by atoms with van der Waals surface area (Å²) in [5, 5.41) is 9.58. The highest BCUT2D eigenvalue weighted by molar-refractivity contribution is 8.13. The summed E-state index contributed by atoms with van der Waals surface area (Å²) in [6.07, 6.45) is -1.23. The van der Waals surface area contributed by atoms with Gasteiger partial charge in [0, 0.05) is 4.90 Å². The van der Waals surface area contributed by atoms with Crippen LogP contribution < -0.4 is 5.32 Å². The Morgan fingerprint density at radius 3 is 2.60 bits per heavy atom. The number of rotatable bonds is 3. The standard InChI is InChI=1S/C9H9NO4S/c11-8(12)10-6-14-9(13)15-7-4-2-1-3-5-7/h1-5,10H,6H2,(H,11,12). The van der Waals surface area contributed by atoms with Gasteiger partial charge in [0.1, 0.15) is 0 Å². The van der Waals surface area contributed by atoms with Crippen LogP contribution in [0.2, 0.25) is 0 Å². The van der Waals surface area contributed by atoms with Crippen LogP contribution in [0.25, 0.3) is 0 Å². The third kappa shape index (κ3) is 4.92. The lowest BCUT2D eigenvalue weighted by Gasteiger charge is -2.03. The quantitative estimate of drug-likeness (QED) is 0.470. The molecule has 0 aliphatic heterocycles. The average molecular weight is 227 g/mol. The van der Waals surface area contributed by atoms with Gasteiger partial charge in [0.15, 0.2) is 6.73 Å². The number of hydrogen-bond acceptors (Lipinski definition) is 4. The number of carboxylic acid groups (broad SMARTS) is 1. The van der Waals surface area contributed by atoms with E-state index in [-0.39, 0.29) is 6.73 Å². The Bertz CT molecular complexity index is 341. The van der Waals surface area contributed by atoms with Gasteiger partial charge in [-0.05, 0) is 23.9 Å². The van der Waals surface area contributed by atoms with Crippen LogP contribution in [0.4, 0.5) is 9.59 Å². The molecule has 0 fully saturated rings. The molecule has 0 heterocycles. The predicted octanol–water partition coefficient (Wildman–Crippen LogP) is 2.14. The Balaban J connectivity index is 2.28. The summed E-state index contributed by atoms with van der Waals surface area (Å²) in [6, 6.07) is 8.95. The lowest BCUT2D eigenvalue weighted by Crippen LogP contribution is -2.24. The lowest BCUT2D eigenvalue weighted by molar-refractivity contribution is 0.151. The van der Waals surface area contributed by atoms with E-state index in [0.29, 0.717) is 0 Å². The van der Waals surface area contributed by atoms with Crippen LogP contribution >= 0.6 is 11.8 Å². The molecule has 0 saturated heterocycles. The van der Waals surface area contributed by atoms with Crippen LogP contribution in [0.15, 0.2) is 35.2 Å². The first kappa shape index (κ1) is 11.4. The van der Waals surface area contributed by atoms with E-state index in [1.807, 2.05) is 11.4 Å². The van der Waals surface area contributed by atoms with Gasteiger partial charge in [0.05, 0.1) is 0 Å². The number of carbonyl (C=O) groups excluding carboxylic acids is 1. The maximum absolute atomic E-state index is 11.1. The Labute approximate surface area is 90.4 Å². The highest BCUT2D eigenvalue weighted by Crippen LogP contribution is 2.18. The third-order valence-electron chi connectivity index (χ3n) is 1.36. The minimum atomic E-state index is -1.23. The number of hydrogen-bond donors (Lipinski definition) is 2. The molecule has 0 aliphatic carbocycles. The second-order valence-electron chi connectivity index (χ2n) is 2.44. The second kappa shape index (κ2) is 5.92. The molecule has 1 aromatic rings. The van der Waals surface area contributed by atoms with E-state index in [1.165, 1.54) is 0 Å². The molecule has 80 valence electrons. The summed E-state index contributed by atoms with van der Waals surface area (Å²) in [4.78, 5) is 21.9. The number of ether oxygens (including phenoxy) is 1. The Morgan fingerprint density at radius 1 is 1.33 bits per heavy atom. The van der Waals surface area contributed by atoms with Crippen molar-refractivity contribution in [1.29, 1.82) is 0 Å². The maximum atomic E-state index is 11.1. The fourth-order valence-electron chi connectivity index (χ4n) is 0.771. The molecule has 1 aromatic carbocycles. The van der Waals surface area contributed by atoms with Crippen molar-refractivity contribution in [2.45, 2.75) is 4.90 Å². The molecule has 0 saturated carbocycles. The van der Waals surface area contributed by atoms with Gasteiger partial charge in [-0.3, -0.25) is 5.32 Å². The maximum Gasteiger partial charge on any atom is 0.407 e. The summed E-state index contributed by atoms with van der Waals surface area (Å²) < 4.78 is 4.59. The van der Waals surface area contributed by atoms with Crippen molar-refractivity contribution in [3.05, 3.63) is 30.3 Å². The minimum Gasteiger partial charge on any atom is -0.465 e. The fourth-order valence-corrected chi connectivity index (χ4v) is 1.37. The molecule has 15 heavy (non-hydrogen) atoms. The predicted molar refractivity (Wildman–Crippen MR) is 54.8 cm³/mol. The summed E-state index contributed by atoms with van der Waals surface area (Å²) in [5.74, 6) is 0. The van der Waals surface area contributed by atoms with Crippen LogP contribution in [0.5, 0.6) is 0 Å². The molecule has 0 spiro atoms. The van der Waals surface area contributed by atoms with Crippen molar-refractivity contribution in [3.8, 4) is 0 Å². The molecule has 0 bridgehead atoms. The van der Waals surface area contributed by atoms with Gasteiger partial charge in [-0.25, -0.2) is 9.59 Å². The van der Waals surface area contributed by atoms with E-state index in [9.17, 15) is 9.59 Å². The van der Waals surface area contributed by atoms with Gasteiger partial charge in [-0.1, -0.05) is 18.2 Å². The number of carbonyl (C=O) groups is 2. The van der Waals surface area contributed by atoms with Crippen LogP contribution in [-0.2, 0) is 4.74 Å². The lowest BCUT2D eigenvalue weighted by atomic mass is 10.4. The number of thioether (sulfide) groups is 1. The zero-order valence-corrected chi connectivity index (χ0v) is 8.49. The van der Waals surface area contributed by atoms with E-state index in [4.69, 9.17) is 5.11 Å². The van der Waals surface area contributed by atoms with E-state index < -0.39 is 11.4 Å². The van der Waals surface area contributed by atoms with Crippen molar-refractivity contribution in [2.75, 3.05) is 6.73 Å². The number of amides is 1. The monoisotopic (exact) mass is 227 g/mol. The molecule has 0 aromatic heterocycles. The van der Waals surface area contributed by atoms with Crippen LogP contribution in [0, 0.1) is 0 Å². The smallest absolute Gasteiger partial charge is 0.407 e. The summed E-state index contributed by atoms with van der Waals surface area (Å²) in [7, 11) is 0. The van der Waals surface area contributed by atoms with Crippen LogP contribution in [0.1, 0.15) is 0 Å². The SMILES string of the molecule is O=C(O)NCOC(=O)Sc1ccccc1. The molecular weight excluding hydrogens is 218 g/mol. The summed E-state index contributed by atoms with van der Waals surface area (Å²) in [5.41, 5.74) is 0. The van der Waals surface area contributed by atoms with Crippen LogP contribution in [0.3, 0.4) is 0 Å². The van der Waals surface area contributed by atoms with Crippen molar-refractivity contribution >= 4 is 23.2 Å². The van der Waals surface area contributed by atoms with Crippen molar-refractivity contribution in [2.24, 2.45) is 0 Å². The van der Waals surface area contributed by atoms with Gasteiger partial charge < -0.3 is 9.84 Å². The molecule has 2 N–H and O–H groups in total. The first-order chi connectivity index (χ1) is 7.18. The molecule has 0 unspecified atom stereocenters. The molecule has 1 rings (SSSR count). The molecule has 6 heteroatoms. The summed E-state index contributed by atoms with van der Waals surface area (Å²) >= 11 is 0.901. The van der Waals surface area contributed by atoms with Gasteiger partial charge >= 0.3 is 11.4 Å². The van der Waals surface area contributed by atoms with Gasteiger partial charge in [-0.15, -0.1) is 0 Å². The van der Waals surface area contributed by atoms with Crippen molar-refractivity contribution < 1.29 is 19.4 Å². The fraction of sp³-hybridized carbons (Fsp3) is 0.111. The second-order valence-corrected chi connectivity index (χ2v) is 3.44. The number of benzene rings is 1. The van der Waals surface area contributed by atoms with E-state index in [2.05, 4.69) is 4.74 Å². The Hall–Kier alpha value is -1.69. The molecule has 5 nitrogen and oxygen atoms in total. The van der Waals surface area contributed by atoms with Crippen molar-refractivity contribution in [1.82, 2.24) is 5.32 Å². The topological polar surface area (TPSA) is 75.6 Å². The van der Waals surface area contributed by atoms with E-state index in [1.54, 1.807) is 24.3 Å². The summed E-state index contributed by atoms with van der Waals surface area (Å²) in [6.45, 7) is -0.339. The highest BCUT2D eigenvalue weighted by Gasteiger charge is 2.05.